The zero-order valence-corrected chi connectivity index (χ0v) is 18.7. The number of fused-ring (bicyclic) bond motifs is 1. The van der Waals surface area contributed by atoms with Gasteiger partial charge < -0.3 is 19.3 Å². The van der Waals surface area contributed by atoms with Gasteiger partial charge in [-0.1, -0.05) is 18.2 Å². The van der Waals surface area contributed by atoms with Crippen LogP contribution in [0.1, 0.15) is 12.0 Å². The molecule has 5 rings (SSSR count). The van der Waals surface area contributed by atoms with Gasteiger partial charge in [0.25, 0.3) is 0 Å². The lowest BCUT2D eigenvalue weighted by Gasteiger charge is -2.36. The van der Waals surface area contributed by atoms with Crippen LogP contribution in [0, 0.1) is 5.92 Å². The third kappa shape index (κ3) is 4.14. The number of piperazine rings is 1. The molecule has 7 nitrogen and oxygen atoms in total. The highest BCUT2D eigenvalue weighted by molar-refractivity contribution is 9.10. The summed E-state index contributed by atoms with van der Waals surface area (Å²) in [5, 5.41) is 0. The summed E-state index contributed by atoms with van der Waals surface area (Å²) in [7, 11) is 0. The average Bonchev–Trinajstić information content (AvgIpc) is 3.40. The molecule has 1 atom stereocenters. The van der Waals surface area contributed by atoms with Gasteiger partial charge in [0.2, 0.25) is 18.6 Å². The van der Waals surface area contributed by atoms with Crippen molar-refractivity contribution in [2.75, 3.05) is 44.4 Å². The lowest BCUT2D eigenvalue weighted by Crippen LogP contribution is -2.50. The molecule has 2 aromatic rings. The van der Waals surface area contributed by atoms with Gasteiger partial charge in [-0.05, 0) is 45.8 Å². The summed E-state index contributed by atoms with van der Waals surface area (Å²) in [4.78, 5) is 31.6. The summed E-state index contributed by atoms with van der Waals surface area (Å²) in [5.74, 6) is 1.41. The van der Waals surface area contributed by atoms with Gasteiger partial charge in [0, 0.05) is 50.2 Å². The van der Waals surface area contributed by atoms with E-state index in [2.05, 4.69) is 26.9 Å². The van der Waals surface area contributed by atoms with Crippen molar-refractivity contribution in [3.63, 3.8) is 0 Å². The molecule has 1 unspecified atom stereocenters. The molecule has 162 valence electrons. The fourth-order valence-corrected chi connectivity index (χ4v) is 4.96. The van der Waals surface area contributed by atoms with Crippen LogP contribution in [-0.4, -0.2) is 61.1 Å². The molecular weight excluding hydrogens is 462 g/mol. The molecule has 2 aromatic carbocycles. The van der Waals surface area contributed by atoms with E-state index in [1.165, 1.54) is 5.56 Å². The molecule has 31 heavy (non-hydrogen) atoms. The first-order valence-corrected chi connectivity index (χ1v) is 11.3. The molecule has 3 aliphatic heterocycles. The van der Waals surface area contributed by atoms with Gasteiger partial charge in [0.15, 0.2) is 11.5 Å². The molecule has 0 bridgehead atoms. The maximum atomic E-state index is 13.1. The van der Waals surface area contributed by atoms with Crippen LogP contribution in [0.5, 0.6) is 11.5 Å². The summed E-state index contributed by atoms with van der Waals surface area (Å²) in [6.45, 7) is 4.53. The number of hydrogen-bond acceptors (Lipinski definition) is 5. The third-order valence-electron chi connectivity index (χ3n) is 6.14. The third-order valence-corrected chi connectivity index (χ3v) is 6.82. The van der Waals surface area contributed by atoms with Crippen molar-refractivity contribution in [1.82, 2.24) is 9.80 Å². The predicted octanol–water partition coefficient (Wildman–Crippen LogP) is 2.88. The topological polar surface area (TPSA) is 62.3 Å². The Kier molecular flexibility index (Phi) is 5.58. The molecule has 2 fully saturated rings. The molecular formula is C23H24BrN3O4. The van der Waals surface area contributed by atoms with E-state index in [-0.39, 0.29) is 30.9 Å². The number of amides is 2. The summed E-state index contributed by atoms with van der Waals surface area (Å²) < 4.78 is 11.7. The Labute approximate surface area is 189 Å². The maximum Gasteiger partial charge on any atom is 0.231 e. The maximum absolute atomic E-state index is 13.1. The van der Waals surface area contributed by atoms with Gasteiger partial charge in [0.1, 0.15) is 0 Å². The first kappa shape index (κ1) is 20.3. The number of anilines is 1. The second-order valence-electron chi connectivity index (χ2n) is 8.15. The lowest BCUT2D eigenvalue weighted by atomic mass is 10.1. The van der Waals surface area contributed by atoms with Crippen molar-refractivity contribution in [2.45, 2.75) is 13.0 Å². The summed E-state index contributed by atoms with van der Waals surface area (Å²) >= 11 is 3.51. The van der Waals surface area contributed by atoms with Crippen LogP contribution in [0.4, 0.5) is 5.69 Å². The molecule has 8 heteroatoms. The minimum Gasteiger partial charge on any atom is -0.454 e. The normalized spacial score (nSPS) is 21.1. The quantitative estimate of drug-likeness (QED) is 0.666. The highest BCUT2D eigenvalue weighted by Gasteiger charge is 2.38. The number of halogens is 1. The number of carbonyl (C=O) groups is 2. The zero-order valence-electron chi connectivity index (χ0n) is 17.1. The Bertz CT molecular complexity index is 1010. The van der Waals surface area contributed by atoms with Gasteiger partial charge in [-0.2, -0.15) is 0 Å². The standard InChI is InChI=1S/C23H24BrN3O4/c24-18-3-1-2-4-19(18)27-14-17(12-22(27)28)23(29)26-9-7-25(8-10-26)13-16-5-6-20-21(11-16)31-15-30-20/h1-6,11,17H,7-10,12-15H2. The van der Waals surface area contributed by atoms with Crippen LogP contribution in [-0.2, 0) is 16.1 Å². The van der Waals surface area contributed by atoms with Crippen molar-refractivity contribution < 1.29 is 19.1 Å². The predicted molar refractivity (Wildman–Crippen MR) is 119 cm³/mol. The van der Waals surface area contributed by atoms with Gasteiger partial charge in [-0.3, -0.25) is 14.5 Å². The average molecular weight is 486 g/mol. The van der Waals surface area contributed by atoms with Crippen LogP contribution < -0.4 is 14.4 Å². The number of carbonyl (C=O) groups excluding carboxylic acids is 2. The Morgan fingerprint density at radius 1 is 1.03 bits per heavy atom. The number of para-hydroxylation sites is 1. The minimum atomic E-state index is -0.278. The SMILES string of the molecule is O=C(C1CC(=O)N(c2ccccc2Br)C1)N1CCN(Cc2ccc3c(c2)OCO3)CC1. The van der Waals surface area contributed by atoms with Crippen molar-refractivity contribution >= 4 is 33.4 Å². The number of benzene rings is 2. The Hall–Kier alpha value is -2.58. The molecule has 0 radical (unpaired) electrons. The molecule has 3 aliphatic rings. The number of ether oxygens (including phenoxy) is 2. The monoisotopic (exact) mass is 485 g/mol. The Balaban J connectivity index is 1.16. The fraction of sp³-hybridized carbons (Fsp3) is 0.391. The van der Waals surface area contributed by atoms with Crippen LogP contribution in [0.3, 0.4) is 0 Å². The second kappa shape index (κ2) is 8.51. The highest BCUT2D eigenvalue weighted by Crippen LogP contribution is 2.33. The molecule has 0 spiro atoms. The van der Waals surface area contributed by atoms with E-state index in [0.717, 1.165) is 41.3 Å². The van der Waals surface area contributed by atoms with E-state index in [9.17, 15) is 9.59 Å². The Morgan fingerprint density at radius 2 is 1.81 bits per heavy atom. The number of rotatable bonds is 4. The van der Waals surface area contributed by atoms with E-state index < -0.39 is 0 Å². The van der Waals surface area contributed by atoms with E-state index in [0.29, 0.717) is 19.6 Å². The van der Waals surface area contributed by atoms with Crippen LogP contribution in [0.25, 0.3) is 0 Å². The van der Waals surface area contributed by atoms with Crippen LogP contribution in [0.2, 0.25) is 0 Å². The molecule has 2 saturated heterocycles. The molecule has 2 amide bonds. The lowest BCUT2D eigenvalue weighted by molar-refractivity contribution is -0.137. The van der Waals surface area contributed by atoms with Gasteiger partial charge in [-0.25, -0.2) is 0 Å². The largest absolute Gasteiger partial charge is 0.454 e. The van der Waals surface area contributed by atoms with Gasteiger partial charge >= 0.3 is 0 Å². The van der Waals surface area contributed by atoms with Crippen molar-refractivity contribution in [3.05, 3.63) is 52.5 Å². The minimum absolute atomic E-state index is 0.00620. The first-order chi connectivity index (χ1) is 15.1. The zero-order chi connectivity index (χ0) is 21.4. The molecule has 0 aliphatic carbocycles. The summed E-state index contributed by atoms with van der Waals surface area (Å²) in [5.41, 5.74) is 2.01. The summed E-state index contributed by atoms with van der Waals surface area (Å²) in [6, 6.07) is 13.7. The van der Waals surface area contributed by atoms with E-state index in [1.807, 2.05) is 41.3 Å². The Morgan fingerprint density at radius 3 is 2.61 bits per heavy atom. The molecule has 0 saturated carbocycles. The van der Waals surface area contributed by atoms with E-state index in [1.54, 1.807) is 4.90 Å². The number of nitrogens with zero attached hydrogens (tertiary/aromatic N) is 3. The van der Waals surface area contributed by atoms with Gasteiger partial charge in [0.05, 0.1) is 11.6 Å². The summed E-state index contributed by atoms with van der Waals surface area (Å²) in [6.07, 6.45) is 0.275. The second-order valence-corrected chi connectivity index (χ2v) is 9.00. The van der Waals surface area contributed by atoms with Crippen molar-refractivity contribution in [3.8, 4) is 11.5 Å². The van der Waals surface area contributed by atoms with Crippen LogP contribution in [0.15, 0.2) is 46.9 Å². The van der Waals surface area contributed by atoms with Gasteiger partial charge in [-0.15, -0.1) is 0 Å². The fourth-order valence-electron chi connectivity index (χ4n) is 4.46. The number of hydrogen-bond donors (Lipinski definition) is 0. The molecule has 0 aromatic heterocycles. The van der Waals surface area contributed by atoms with Crippen LogP contribution >= 0.6 is 15.9 Å². The molecule has 3 heterocycles. The van der Waals surface area contributed by atoms with E-state index in [4.69, 9.17) is 9.47 Å². The van der Waals surface area contributed by atoms with Crippen molar-refractivity contribution in [2.24, 2.45) is 5.92 Å². The van der Waals surface area contributed by atoms with E-state index >= 15 is 0 Å². The smallest absolute Gasteiger partial charge is 0.231 e. The molecule has 0 N–H and O–H groups in total. The highest BCUT2D eigenvalue weighted by atomic mass is 79.9. The first-order valence-electron chi connectivity index (χ1n) is 10.5. The van der Waals surface area contributed by atoms with Crippen molar-refractivity contribution in [1.29, 1.82) is 0 Å².